The molecule has 4 aromatic rings. The van der Waals surface area contributed by atoms with Crippen LogP contribution in [0.15, 0.2) is 76.6 Å². The maximum atomic E-state index is 13.6. The summed E-state index contributed by atoms with van der Waals surface area (Å²) in [5.74, 6) is 0. The second kappa shape index (κ2) is 7.63. The van der Waals surface area contributed by atoms with Gasteiger partial charge in [-0.3, -0.25) is 9.59 Å². The first-order chi connectivity index (χ1) is 14.6. The topological polar surface area (TPSA) is 70.0 Å². The highest BCUT2D eigenvalue weighted by Crippen LogP contribution is 2.35. The first-order valence-electron chi connectivity index (χ1n) is 9.11. The molecule has 0 amide bonds. The summed E-state index contributed by atoms with van der Waals surface area (Å²) in [6.07, 6.45) is -2.02. The molecule has 2 aromatic carbocycles. The van der Waals surface area contributed by atoms with E-state index in [9.17, 15) is 22.8 Å². The van der Waals surface area contributed by atoms with E-state index in [1.807, 2.05) is 0 Å². The van der Waals surface area contributed by atoms with Crippen molar-refractivity contribution in [1.82, 2.24) is 9.13 Å². The van der Waals surface area contributed by atoms with Gasteiger partial charge in [0.2, 0.25) is 0 Å². The zero-order chi connectivity index (χ0) is 22.3. The van der Waals surface area contributed by atoms with Gasteiger partial charge in [-0.2, -0.15) is 13.2 Å². The van der Waals surface area contributed by atoms with Crippen molar-refractivity contribution in [2.24, 2.45) is 0 Å². The van der Waals surface area contributed by atoms with Crippen molar-refractivity contribution in [3.8, 4) is 5.69 Å². The number of anilines is 1. The van der Waals surface area contributed by atoms with Gasteiger partial charge in [-0.15, -0.1) is 0 Å². The molecule has 0 radical (unpaired) electrons. The molecule has 0 spiro atoms. The lowest BCUT2D eigenvalue weighted by molar-refractivity contribution is -0.137. The number of aromatic nitrogens is 2. The summed E-state index contributed by atoms with van der Waals surface area (Å²) in [6, 6.07) is 12.7. The molecule has 2 aromatic heterocycles. The van der Waals surface area contributed by atoms with E-state index in [-0.39, 0.29) is 28.8 Å². The van der Waals surface area contributed by atoms with E-state index < -0.39 is 22.7 Å². The van der Waals surface area contributed by atoms with Crippen molar-refractivity contribution in [1.29, 1.82) is 0 Å². The average Bonchev–Trinajstić information content (AvgIpc) is 2.71. The molecule has 0 fully saturated rings. The summed E-state index contributed by atoms with van der Waals surface area (Å²) in [5.41, 5.74) is 3.96. The first-order valence-corrected chi connectivity index (χ1v) is 9.49. The van der Waals surface area contributed by atoms with E-state index >= 15 is 0 Å². The molecule has 158 valence electrons. The molecule has 0 aliphatic carbocycles. The van der Waals surface area contributed by atoms with Crippen molar-refractivity contribution in [2.75, 3.05) is 5.73 Å². The lowest BCUT2D eigenvalue weighted by atomic mass is 10.1. The number of nitrogens with zero attached hydrogens (tertiary/aromatic N) is 2. The normalized spacial score (nSPS) is 11.7. The molecule has 0 saturated carbocycles. The number of nitrogen functional groups attached to an aromatic ring is 1. The fourth-order valence-electron chi connectivity index (χ4n) is 3.41. The van der Waals surface area contributed by atoms with Crippen molar-refractivity contribution in [2.45, 2.75) is 12.7 Å². The van der Waals surface area contributed by atoms with Crippen LogP contribution < -0.4 is 16.7 Å². The number of benzene rings is 2. The number of alkyl halides is 3. The number of nitrogens with two attached hydrogens (primary N) is 1. The molecule has 5 nitrogen and oxygen atoms in total. The number of hydrogen-bond donors (Lipinski definition) is 1. The first kappa shape index (κ1) is 20.7. The van der Waals surface area contributed by atoms with Crippen LogP contribution in [0.4, 0.5) is 18.9 Å². The Morgan fingerprint density at radius 1 is 0.935 bits per heavy atom. The predicted octanol–water partition coefficient (Wildman–Crippen LogP) is 4.46. The Balaban J connectivity index is 1.92. The zero-order valence-electron chi connectivity index (χ0n) is 15.9. The van der Waals surface area contributed by atoms with Crippen LogP contribution in [-0.2, 0) is 12.7 Å². The summed E-state index contributed by atoms with van der Waals surface area (Å²) in [6.45, 7) is 0.177. The Morgan fingerprint density at radius 2 is 1.65 bits per heavy atom. The number of rotatable bonds is 3. The van der Waals surface area contributed by atoms with Gasteiger partial charge >= 0.3 is 6.18 Å². The van der Waals surface area contributed by atoms with Gasteiger partial charge in [-0.1, -0.05) is 23.7 Å². The highest BCUT2D eigenvalue weighted by molar-refractivity contribution is 6.30. The molecule has 2 heterocycles. The van der Waals surface area contributed by atoms with Crippen LogP contribution in [0, 0.1) is 0 Å². The van der Waals surface area contributed by atoms with Gasteiger partial charge < -0.3 is 14.9 Å². The lowest BCUT2D eigenvalue weighted by Gasteiger charge is -2.18. The summed E-state index contributed by atoms with van der Waals surface area (Å²) in [5, 5.41) is 0.338. The molecule has 31 heavy (non-hydrogen) atoms. The number of halogens is 4. The second-order valence-electron chi connectivity index (χ2n) is 6.96. The largest absolute Gasteiger partial charge is 0.418 e. The minimum absolute atomic E-state index is 0.0493. The molecular formula is C22H15ClF3N3O2. The van der Waals surface area contributed by atoms with Gasteiger partial charge in [-0.25, -0.2) is 0 Å². The Kier molecular flexibility index (Phi) is 5.10. The SMILES string of the molecule is Nc1ccc(-n2ccc(=O)c3c(=O)n(Cc4ccc(Cl)cc4)ccc32)c(C(F)(F)F)c1. The van der Waals surface area contributed by atoms with E-state index in [1.165, 1.54) is 39.7 Å². The van der Waals surface area contributed by atoms with Crippen LogP contribution in [0.1, 0.15) is 11.1 Å². The summed E-state index contributed by atoms with van der Waals surface area (Å²) in [7, 11) is 0. The number of hydrogen-bond acceptors (Lipinski definition) is 3. The van der Waals surface area contributed by atoms with Crippen LogP contribution >= 0.6 is 11.6 Å². The minimum Gasteiger partial charge on any atom is -0.399 e. The fourth-order valence-corrected chi connectivity index (χ4v) is 3.54. The van der Waals surface area contributed by atoms with Crippen LogP contribution in [-0.4, -0.2) is 9.13 Å². The Bertz CT molecular complexity index is 1410. The predicted molar refractivity (Wildman–Crippen MR) is 114 cm³/mol. The molecule has 4 rings (SSSR count). The fraction of sp³-hybridized carbons (Fsp3) is 0.0909. The van der Waals surface area contributed by atoms with E-state index in [2.05, 4.69) is 0 Å². The standard InChI is InChI=1S/C22H15ClF3N3O2/c23-14-3-1-13(2-4-14)12-28-9-7-18-20(21(28)31)19(30)8-10-29(18)17-6-5-15(27)11-16(17)22(24,25)26/h1-11H,12,27H2. The van der Waals surface area contributed by atoms with Gasteiger partial charge in [0.25, 0.3) is 5.56 Å². The lowest BCUT2D eigenvalue weighted by Crippen LogP contribution is -2.26. The quantitative estimate of drug-likeness (QED) is 0.473. The molecular weight excluding hydrogens is 431 g/mol. The highest BCUT2D eigenvalue weighted by atomic mass is 35.5. The van der Waals surface area contributed by atoms with Crippen LogP contribution in [0.3, 0.4) is 0 Å². The van der Waals surface area contributed by atoms with E-state index in [0.717, 1.165) is 17.7 Å². The number of fused-ring (bicyclic) bond motifs is 1. The second-order valence-corrected chi connectivity index (χ2v) is 7.40. The molecule has 0 bridgehead atoms. The van der Waals surface area contributed by atoms with Crippen molar-refractivity contribution < 1.29 is 13.2 Å². The van der Waals surface area contributed by atoms with Crippen molar-refractivity contribution in [3.05, 3.63) is 104 Å². The van der Waals surface area contributed by atoms with Gasteiger partial charge in [0, 0.05) is 29.2 Å². The molecule has 0 aliphatic heterocycles. The van der Waals surface area contributed by atoms with Gasteiger partial charge in [-0.05, 0) is 42.0 Å². The third-order valence-electron chi connectivity index (χ3n) is 4.88. The maximum absolute atomic E-state index is 13.6. The molecule has 0 atom stereocenters. The van der Waals surface area contributed by atoms with E-state index in [1.54, 1.807) is 24.3 Å². The molecule has 2 N–H and O–H groups in total. The Hall–Kier alpha value is -3.52. The summed E-state index contributed by atoms with van der Waals surface area (Å²) < 4.78 is 43.3. The molecule has 0 saturated heterocycles. The van der Waals surface area contributed by atoms with E-state index in [0.29, 0.717) is 5.02 Å². The van der Waals surface area contributed by atoms with Gasteiger partial charge in [0.15, 0.2) is 5.43 Å². The summed E-state index contributed by atoms with van der Waals surface area (Å²) in [4.78, 5) is 25.5. The Morgan fingerprint density at radius 3 is 2.32 bits per heavy atom. The molecule has 0 unspecified atom stereocenters. The molecule has 0 aliphatic rings. The van der Waals surface area contributed by atoms with Crippen LogP contribution in [0.25, 0.3) is 16.6 Å². The Labute approximate surface area is 178 Å². The average molecular weight is 446 g/mol. The van der Waals surface area contributed by atoms with Crippen molar-refractivity contribution >= 4 is 28.2 Å². The van der Waals surface area contributed by atoms with Gasteiger partial charge in [0.05, 0.1) is 23.3 Å². The third-order valence-corrected chi connectivity index (χ3v) is 5.13. The van der Waals surface area contributed by atoms with Crippen LogP contribution in [0.2, 0.25) is 5.02 Å². The van der Waals surface area contributed by atoms with E-state index in [4.69, 9.17) is 17.3 Å². The molecule has 9 heteroatoms. The monoisotopic (exact) mass is 445 g/mol. The maximum Gasteiger partial charge on any atom is 0.418 e. The van der Waals surface area contributed by atoms with Crippen molar-refractivity contribution in [3.63, 3.8) is 0 Å². The highest BCUT2D eigenvalue weighted by Gasteiger charge is 2.34. The summed E-state index contributed by atoms with van der Waals surface area (Å²) >= 11 is 5.87. The smallest absolute Gasteiger partial charge is 0.399 e. The zero-order valence-corrected chi connectivity index (χ0v) is 16.6. The van der Waals surface area contributed by atoms with Gasteiger partial charge in [0.1, 0.15) is 5.39 Å². The third kappa shape index (κ3) is 3.94. The minimum atomic E-state index is -4.68. The number of pyridine rings is 2. The van der Waals surface area contributed by atoms with Crippen LogP contribution in [0.5, 0.6) is 0 Å².